The third-order valence-corrected chi connectivity index (χ3v) is 3.10. The monoisotopic (exact) mass is 318 g/mol. The molecule has 23 heavy (non-hydrogen) atoms. The molecule has 0 spiro atoms. The van der Waals surface area contributed by atoms with Gasteiger partial charge >= 0.3 is 0 Å². The number of nitrogens with zero attached hydrogens (tertiary/aromatic N) is 1. The highest BCUT2D eigenvalue weighted by Crippen LogP contribution is 2.18. The van der Waals surface area contributed by atoms with Crippen LogP contribution >= 0.6 is 0 Å². The summed E-state index contributed by atoms with van der Waals surface area (Å²) in [5, 5.41) is 8.97. The Labute approximate surface area is 133 Å². The Balaban J connectivity index is 1.85. The van der Waals surface area contributed by atoms with Gasteiger partial charge in [0.1, 0.15) is 11.5 Å². The molecule has 2 aromatic rings. The molecule has 1 heterocycles. The number of benzene rings is 1. The van der Waals surface area contributed by atoms with Crippen molar-refractivity contribution in [1.82, 2.24) is 10.2 Å². The minimum absolute atomic E-state index is 0.00641. The van der Waals surface area contributed by atoms with Gasteiger partial charge in [-0.25, -0.2) is 0 Å². The van der Waals surface area contributed by atoms with Gasteiger partial charge in [-0.15, -0.1) is 0 Å². The van der Waals surface area contributed by atoms with Crippen molar-refractivity contribution in [2.24, 2.45) is 5.73 Å². The van der Waals surface area contributed by atoms with Gasteiger partial charge in [0, 0.05) is 0 Å². The van der Waals surface area contributed by atoms with Crippen molar-refractivity contribution in [2.45, 2.75) is 13.3 Å². The predicted molar refractivity (Wildman–Crippen MR) is 83.6 cm³/mol. The lowest BCUT2D eigenvalue weighted by Gasteiger charge is -2.08. The van der Waals surface area contributed by atoms with Crippen LogP contribution in [0, 0.1) is 6.92 Å². The number of carbonyl (C=O) groups is 2. The third kappa shape index (κ3) is 4.22. The largest absolute Gasteiger partial charge is 0.497 e. The number of aryl methyl sites for hydroxylation is 1. The van der Waals surface area contributed by atoms with Crippen molar-refractivity contribution >= 4 is 17.5 Å². The van der Waals surface area contributed by atoms with Gasteiger partial charge in [-0.3, -0.25) is 14.7 Å². The smallest absolute Gasteiger partial charge is 0.271 e. The zero-order valence-electron chi connectivity index (χ0n) is 12.9. The number of aromatic amines is 1. The van der Waals surface area contributed by atoms with Crippen molar-refractivity contribution < 1.29 is 19.1 Å². The topological polar surface area (TPSA) is 119 Å². The van der Waals surface area contributed by atoms with Gasteiger partial charge in [-0.05, 0) is 31.2 Å². The average Bonchev–Trinajstić information content (AvgIpc) is 2.89. The van der Waals surface area contributed by atoms with Crippen molar-refractivity contribution in [3.05, 3.63) is 35.7 Å². The van der Waals surface area contributed by atoms with E-state index in [4.69, 9.17) is 15.2 Å². The molecule has 0 fully saturated rings. The standard InChI is InChI=1S/C15H18N4O4/c1-9-13(14(15(16)21)19-18-9)17-12(20)7-8-23-11-5-3-10(22-2)4-6-11/h3-6H,7-8H2,1-2H3,(H2,16,21)(H,17,20)(H,18,19). The Morgan fingerprint density at radius 3 is 2.52 bits per heavy atom. The number of carbonyl (C=O) groups excluding carboxylic acids is 2. The van der Waals surface area contributed by atoms with E-state index in [1.165, 1.54) is 0 Å². The van der Waals surface area contributed by atoms with Crippen LogP contribution in [0.4, 0.5) is 5.69 Å². The van der Waals surface area contributed by atoms with Gasteiger partial charge in [0.25, 0.3) is 5.91 Å². The lowest BCUT2D eigenvalue weighted by molar-refractivity contribution is -0.116. The first-order chi connectivity index (χ1) is 11.0. The van der Waals surface area contributed by atoms with Crippen LogP contribution in [0.3, 0.4) is 0 Å². The fourth-order valence-corrected chi connectivity index (χ4v) is 1.90. The van der Waals surface area contributed by atoms with Crippen molar-refractivity contribution in [3.8, 4) is 11.5 Å². The molecule has 0 bridgehead atoms. The molecule has 1 aromatic heterocycles. The van der Waals surface area contributed by atoms with Crippen LogP contribution in [0.5, 0.6) is 11.5 Å². The molecular formula is C15H18N4O4. The molecule has 0 saturated heterocycles. The number of ether oxygens (including phenoxy) is 2. The van der Waals surface area contributed by atoms with Gasteiger partial charge in [0.2, 0.25) is 5.91 Å². The number of hydrogen-bond donors (Lipinski definition) is 3. The van der Waals surface area contributed by atoms with Crippen molar-refractivity contribution in [3.63, 3.8) is 0 Å². The number of amides is 2. The molecule has 0 aliphatic heterocycles. The molecule has 0 radical (unpaired) electrons. The number of nitrogens with two attached hydrogens (primary N) is 1. The Kier molecular flexibility index (Phi) is 5.19. The molecule has 2 amide bonds. The van der Waals surface area contributed by atoms with Crippen LogP contribution in [0.25, 0.3) is 0 Å². The van der Waals surface area contributed by atoms with E-state index in [0.717, 1.165) is 5.75 Å². The van der Waals surface area contributed by atoms with E-state index in [2.05, 4.69) is 15.5 Å². The number of hydrogen-bond acceptors (Lipinski definition) is 5. The predicted octanol–water partition coefficient (Wildman–Crippen LogP) is 1.23. The molecule has 0 aliphatic carbocycles. The Morgan fingerprint density at radius 1 is 1.26 bits per heavy atom. The number of nitrogens with one attached hydrogen (secondary N) is 2. The zero-order valence-corrected chi connectivity index (χ0v) is 12.9. The van der Waals surface area contributed by atoms with E-state index >= 15 is 0 Å². The van der Waals surface area contributed by atoms with Crippen LogP contribution in [-0.4, -0.2) is 35.7 Å². The number of methoxy groups -OCH3 is 1. The first-order valence-electron chi connectivity index (χ1n) is 6.92. The van der Waals surface area contributed by atoms with Crippen LogP contribution in [0.1, 0.15) is 22.6 Å². The first kappa shape index (κ1) is 16.3. The summed E-state index contributed by atoms with van der Waals surface area (Å²) in [5.74, 6) is 0.352. The van der Waals surface area contributed by atoms with Gasteiger partial charge in [0.05, 0.1) is 31.5 Å². The highest BCUT2D eigenvalue weighted by molar-refractivity contribution is 6.02. The van der Waals surface area contributed by atoms with Crippen LogP contribution in [-0.2, 0) is 4.79 Å². The van der Waals surface area contributed by atoms with Gasteiger partial charge in [0.15, 0.2) is 5.69 Å². The SMILES string of the molecule is COc1ccc(OCCC(=O)Nc2c(C(N)=O)n[nH]c2C)cc1. The number of H-pyrrole nitrogens is 1. The molecule has 1 aromatic carbocycles. The molecule has 0 atom stereocenters. The van der Waals surface area contributed by atoms with Crippen LogP contribution < -0.4 is 20.5 Å². The van der Waals surface area contributed by atoms with E-state index in [0.29, 0.717) is 17.1 Å². The summed E-state index contributed by atoms with van der Waals surface area (Å²) < 4.78 is 10.5. The van der Waals surface area contributed by atoms with E-state index in [-0.39, 0.29) is 24.6 Å². The fourth-order valence-electron chi connectivity index (χ4n) is 1.90. The minimum atomic E-state index is -0.709. The Hall–Kier alpha value is -3.03. The van der Waals surface area contributed by atoms with E-state index in [9.17, 15) is 9.59 Å². The number of primary amides is 1. The molecule has 0 saturated carbocycles. The van der Waals surface area contributed by atoms with Crippen molar-refractivity contribution in [1.29, 1.82) is 0 Å². The van der Waals surface area contributed by atoms with E-state index in [1.54, 1.807) is 38.3 Å². The summed E-state index contributed by atoms with van der Waals surface area (Å²) in [6.07, 6.45) is 0.120. The molecule has 0 aliphatic rings. The quantitative estimate of drug-likeness (QED) is 0.709. The second-order valence-corrected chi connectivity index (χ2v) is 4.76. The number of aromatic nitrogens is 2. The fraction of sp³-hybridized carbons (Fsp3) is 0.267. The molecule has 8 nitrogen and oxygen atoms in total. The summed E-state index contributed by atoms with van der Waals surface area (Å²) in [6.45, 7) is 1.88. The number of rotatable bonds is 7. The van der Waals surface area contributed by atoms with Gasteiger partial charge in [-0.1, -0.05) is 0 Å². The zero-order chi connectivity index (χ0) is 16.8. The average molecular weight is 318 g/mol. The maximum Gasteiger partial charge on any atom is 0.271 e. The maximum atomic E-state index is 11.9. The third-order valence-electron chi connectivity index (χ3n) is 3.10. The van der Waals surface area contributed by atoms with E-state index < -0.39 is 5.91 Å². The second-order valence-electron chi connectivity index (χ2n) is 4.76. The lowest BCUT2D eigenvalue weighted by Crippen LogP contribution is -2.19. The molecule has 122 valence electrons. The van der Waals surface area contributed by atoms with Gasteiger partial charge in [-0.2, -0.15) is 5.10 Å². The van der Waals surface area contributed by atoms with Crippen LogP contribution in [0.15, 0.2) is 24.3 Å². The molecular weight excluding hydrogens is 300 g/mol. The lowest BCUT2D eigenvalue weighted by atomic mass is 10.2. The van der Waals surface area contributed by atoms with Gasteiger partial charge < -0.3 is 20.5 Å². The highest BCUT2D eigenvalue weighted by atomic mass is 16.5. The highest BCUT2D eigenvalue weighted by Gasteiger charge is 2.17. The van der Waals surface area contributed by atoms with E-state index in [1.807, 2.05) is 0 Å². The van der Waals surface area contributed by atoms with Crippen molar-refractivity contribution in [2.75, 3.05) is 19.0 Å². The molecule has 8 heteroatoms. The minimum Gasteiger partial charge on any atom is -0.497 e. The normalized spacial score (nSPS) is 10.2. The second kappa shape index (κ2) is 7.30. The summed E-state index contributed by atoms with van der Waals surface area (Å²) in [4.78, 5) is 23.1. The molecule has 2 rings (SSSR count). The summed E-state index contributed by atoms with van der Waals surface area (Å²) in [6, 6.07) is 7.04. The molecule has 4 N–H and O–H groups in total. The summed E-state index contributed by atoms with van der Waals surface area (Å²) in [5.41, 5.74) is 6.06. The Morgan fingerprint density at radius 2 is 1.91 bits per heavy atom. The molecule has 0 unspecified atom stereocenters. The first-order valence-corrected chi connectivity index (χ1v) is 6.92. The van der Waals surface area contributed by atoms with Crippen LogP contribution in [0.2, 0.25) is 0 Å². The maximum absolute atomic E-state index is 11.9. The summed E-state index contributed by atoms with van der Waals surface area (Å²) >= 11 is 0. The summed E-state index contributed by atoms with van der Waals surface area (Å²) in [7, 11) is 1.58. The Bertz CT molecular complexity index is 694. The number of anilines is 1.